The van der Waals surface area contributed by atoms with E-state index in [-0.39, 0.29) is 11.9 Å². The summed E-state index contributed by atoms with van der Waals surface area (Å²) in [6, 6.07) is 8.10. The lowest BCUT2D eigenvalue weighted by Crippen LogP contribution is -2.54. The average molecular weight is 305 g/mol. The van der Waals surface area contributed by atoms with Gasteiger partial charge >= 0.3 is 0 Å². The molecule has 1 heterocycles. The van der Waals surface area contributed by atoms with Gasteiger partial charge in [-0.2, -0.15) is 0 Å². The van der Waals surface area contributed by atoms with Crippen LogP contribution in [0.25, 0.3) is 0 Å². The number of anilines is 1. The molecule has 0 aromatic heterocycles. The van der Waals surface area contributed by atoms with E-state index in [2.05, 4.69) is 34.2 Å². The van der Waals surface area contributed by atoms with E-state index in [1.807, 2.05) is 19.1 Å². The zero-order chi connectivity index (χ0) is 15.9. The third-order valence-corrected chi connectivity index (χ3v) is 4.23. The highest BCUT2D eigenvalue weighted by molar-refractivity contribution is 5.81. The van der Waals surface area contributed by atoms with Gasteiger partial charge in [0.05, 0.1) is 13.2 Å². The van der Waals surface area contributed by atoms with Crippen molar-refractivity contribution in [2.24, 2.45) is 0 Å². The topological polar surface area (TPSA) is 44.8 Å². The third kappa shape index (κ3) is 4.13. The molecule has 1 aromatic carbocycles. The third-order valence-electron chi connectivity index (χ3n) is 4.23. The molecular weight excluding hydrogens is 278 g/mol. The number of carbonyl (C=O) groups excluding carboxylic acids is 1. The van der Waals surface area contributed by atoms with Crippen LogP contribution < -0.4 is 15.0 Å². The Hall–Kier alpha value is -1.75. The maximum atomic E-state index is 12.0. The predicted octanol–water partition coefficient (Wildman–Crippen LogP) is 1.73. The summed E-state index contributed by atoms with van der Waals surface area (Å²) in [6.45, 7) is 8.52. The fraction of sp³-hybridized carbons (Fsp3) is 0.588. The van der Waals surface area contributed by atoms with Gasteiger partial charge in [-0.3, -0.25) is 9.69 Å². The van der Waals surface area contributed by atoms with E-state index in [4.69, 9.17) is 4.74 Å². The number of methoxy groups -OCH3 is 1. The molecule has 1 aliphatic heterocycles. The molecule has 0 bridgehead atoms. The fourth-order valence-electron chi connectivity index (χ4n) is 2.72. The van der Waals surface area contributed by atoms with Crippen LogP contribution >= 0.6 is 0 Å². The summed E-state index contributed by atoms with van der Waals surface area (Å²) in [7, 11) is 1.68. The second-order valence-electron chi connectivity index (χ2n) is 5.69. The number of carbonyl (C=O) groups is 1. The van der Waals surface area contributed by atoms with Crippen LogP contribution in [0.4, 0.5) is 5.69 Å². The summed E-state index contributed by atoms with van der Waals surface area (Å²) in [5, 5.41) is 2.98. The van der Waals surface area contributed by atoms with Gasteiger partial charge in [-0.15, -0.1) is 0 Å². The van der Waals surface area contributed by atoms with Crippen LogP contribution in [0.5, 0.6) is 5.75 Å². The van der Waals surface area contributed by atoms with Crippen molar-refractivity contribution < 1.29 is 9.53 Å². The van der Waals surface area contributed by atoms with E-state index in [1.165, 1.54) is 5.69 Å². The Balaban J connectivity index is 1.85. The monoisotopic (exact) mass is 305 g/mol. The van der Waals surface area contributed by atoms with Crippen molar-refractivity contribution in [1.82, 2.24) is 10.2 Å². The molecule has 122 valence electrons. The number of benzene rings is 1. The minimum Gasteiger partial charge on any atom is -0.497 e. The lowest BCUT2D eigenvalue weighted by Gasteiger charge is -2.38. The Morgan fingerprint density at radius 3 is 2.41 bits per heavy atom. The van der Waals surface area contributed by atoms with E-state index >= 15 is 0 Å². The standard InChI is InChI=1S/C17H27N3O2/c1-4-9-18-17(21)14(2)19-10-12-20(13-11-19)15-5-7-16(22-3)8-6-15/h5-8,14H,4,9-13H2,1-3H3,(H,18,21)/t14-/m1/s1. The Morgan fingerprint density at radius 1 is 1.23 bits per heavy atom. The molecule has 1 aliphatic rings. The molecule has 1 N–H and O–H groups in total. The summed E-state index contributed by atoms with van der Waals surface area (Å²) in [6.07, 6.45) is 0.976. The van der Waals surface area contributed by atoms with E-state index < -0.39 is 0 Å². The first-order valence-electron chi connectivity index (χ1n) is 8.06. The smallest absolute Gasteiger partial charge is 0.237 e. The van der Waals surface area contributed by atoms with E-state index in [9.17, 15) is 4.79 Å². The van der Waals surface area contributed by atoms with Crippen molar-refractivity contribution in [3.63, 3.8) is 0 Å². The Kier molecular flexibility index (Phi) is 6.07. The molecule has 0 aliphatic carbocycles. The molecule has 1 fully saturated rings. The van der Waals surface area contributed by atoms with Gasteiger partial charge in [0.25, 0.3) is 0 Å². The lowest BCUT2D eigenvalue weighted by atomic mass is 10.2. The van der Waals surface area contributed by atoms with E-state index in [0.717, 1.165) is 44.9 Å². The molecule has 1 amide bonds. The number of nitrogens with one attached hydrogen (secondary N) is 1. The van der Waals surface area contributed by atoms with Gasteiger partial charge in [-0.25, -0.2) is 0 Å². The zero-order valence-electron chi connectivity index (χ0n) is 13.8. The van der Waals surface area contributed by atoms with Gasteiger partial charge in [0.15, 0.2) is 0 Å². The molecule has 1 atom stereocenters. The van der Waals surface area contributed by atoms with Crippen molar-refractivity contribution >= 4 is 11.6 Å². The molecule has 0 spiro atoms. The molecular formula is C17H27N3O2. The van der Waals surface area contributed by atoms with Gasteiger partial charge in [-0.1, -0.05) is 6.92 Å². The Labute approximate surface area is 133 Å². The molecule has 0 radical (unpaired) electrons. The van der Waals surface area contributed by atoms with Crippen LogP contribution in [0.1, 0.15) is 20.3 Å². The molecule has 5 nitrogen and oxygen atoms in total. The van der Waals surface area contributed by atoms with Gasteiger partial charge in [0, 0.05) is 38.4 Å². The number of amides is 1. The summed E-state index contributed by atoms with van der Waals surface area (Å²) in [4.78, 5) is 16.7. The number of hydrogen-bond donors (Lipinski definition) is 1. The van der Waals surface area contributed by atoms with Gasteiger partial charge < -0.3 is 15.0 Å². The normalized spacial score (nSPS) is 17.1. The summed E-state index contributed by atoms with van der Waals surface area (Å²) >= 11 is 0. The summed E-state index contributed by atoms with van der Waals surface area (Å²) in [5.41, 5.74) is 1.21. The Morgan fingerprint density at radius 2 is 1.86 bits per heavy atom. The van der Waals surface area contributed by atoms with Crippen molar-refractivity contribution in [2.45, 2.75) is 26.3 Å². The van der Waals surface area contributed by atoms with Crippen LogP contribution in [0.15, 0.2) is 24.3 Å². The molecule has 2 rings (SSSR count). The minimum atomic E-state index is -0.0513. The average Bonchev–Trinajstić information content (AvgIpc) is 2.59. The van der Waals surface area contributed by atoms with Crippen molar-refractivity contribution in [3.05, 3.63) is 24.3 Å². The maximum Gasteiger partial charge on any atom is 0.237 e. The van der Waals surface area contributed by atoms with Crippen molar-refractivity contribution in [1.29, 1.82) is 0 Å². The first kappa shape index (κ1) is 16.6. The second kappa shape index (κ2) is 8.03. The molecule has 0 saturated carbocycles. The first-order chi connectivity index (χ1) is 10.7. The lowest BCUT2D eigenvalue weighted by molar-refractivity contribution is -0.126. The molecule has 1 aromatic rings. The number of piperazine rings is 1. The maximum absolute atomic E-state index is 12.0. The second-order valence-corrected chi connectivity index (χ2v) is 5.69. The highest BCUT2D eigenvalue weighted by atomic mass is 16.5. The number of nitrogens with zero attached hydrogens (tertiary/aromatic N) is 2. The van der Waals surface area contributed by atoms with Gasteiger partial charge in [0.1, 0.15) is 5.75 Å². The van der Waals surface area contributed by atoms with Crippen LogP contribution in [0.2, 0.25) is 0 Å². The van der Waals surface area contributed by atoms with E-state index in [0.29, 0.717) is 0 Å². The molecule has 0 unspecified atom stereocenters. The minimum absolute atomic E-state index is 0.0513. The van der Waals surface area contributed by atoms with Gasteiger partial charge in [-0.05, 0) is 37.6 Å². The van der Waals surface area contributed by atoms with Crippen LogP contribution in [-0.2, 0) is 4.79 Å². The van der Waals surface area contributed by atoms with Crippen LogP contribution in [0.3, 0.4) is 0 Å². The quantitative estimate of drug-likeness (QED) is 0.869. The number of hydrogen-bond acceptors (Lipinski definition) is 4. The SMILES string of the molecule is CCCNC(=O)[C@@H](C)N1CCN(c2ccc(OC)cc2)CC1. The van der Waals surface area contributed by atoms with E-state index in [1.54, 1.807) is 7.11 Å². The number of rotatable bonds is 6. The predicted molar refractivity (Wildman–Crippen MR) is 89.5 cm³/mol. The highest BCUT2D eigenvalue weighted by Gasteiger charge is 2.25. The molecule has 22 heavy (non-hydrogen) atoms. The molecule has 1 saturated heterocycles. The number of ether oxygens (including phenoxy) is 1. The Bertz CT molecular complexity index is 467. The van der Waals surface area contributed by atoms with Crippen LogP contribution in [-0.4, -0.2) is 56.7 Å². The highest BCUT2D eigenvalue weighted by Crippen LogP contribution is 2.21. The molecule has 5 heteroatoms. The fourth-order valence-corrected chi connectivity index (χ4v) is 2.72. The summed E-state index contributed by atoms with van der Waals surface area (Å²) < 4.78 is 5.19. The van der Waals surface area contributed by atoms with Crippen molar-refractivity contribution in [2.75, 3.05) is 44.7 Å². The largest absolute Gasteiger partial charge is 0.497 e. The van der Waals surface area contributed by atoms with Gasteiger partial charge in [0.2, 0.25) is 5.91 Å². The first-order valence-corrected chi connectivity index (χ1v) is 8.06. The van der Waals surface area contributed by atoms with Crippen molar-refractivity contribution in [3.8, 4) is 5.75 Å². The zero-order valence-corrected chi connectivity index (χ0v) is 13.8. The summed E-state index contributed by atoms with van der Waals surface area (Å²) in [5.74, 6) is 1.02. The van der Waals surface area contributed by atoms with Crippen LogP contribution in [0, 0.1) is 0 Å².